The molecular weight excluding hydrogens is 246 g/mol. The maximum atomic E-state index is 6.21. The van der Waals surface area contributed by atoms with Gasteiger partial charge in [-0.2, -0.15) is 0 Å². The van der Waals surface area contributed by atoms with Gasteiger partial charge in [0, 0.05) is 12.6 Å². The fourth-order valence-electron chi connectivity index (χ4n) is 4.76. The largest absolute Gasteiger partial charge is 0.375 e. The Morgan fingerprint density at radius 3 is 2.60 bits per heavy atom. The molecule has 0 aromatic carbocycles. The molecule has 2 heteroatoms. The van der Waals surface area contributed by atoms with E-state index in [1.165, 1.54) is 77.2 Å². The van der Waals surface area contributed by atoms with Crippen LogP contribution in [-0.4, -0.2) is 24.8 Å². The first-order chi connectivity index (χ1) is 9.77. The minimum absolute atomic E-state index is 0.256. The van der Waals surface area contributed by atoms with Crippen molar-refractivity contribution in [3.63, 3.8) is 0 Å². The number of rotatable bonds is 3. The lowest BCUT2D eigenvalue weighted by Crippen LogP contribution is -2.49. The molecule has 2 saturated carbocycles. The summed E-state index contributed by atoms with van der Waals surface area (Å²) in [7, 11) is 0. The van der Waals surface area contributed by atoms with Crippen LogP contribution in [0.3, 0.4) is 0 Å². The molecule has 3 fully saturated rings. The Morgan fingerprint density at radius 1 is 1.00 bits per heavy atom. The summed E-state index contributed by atoms with van der Waals surface area (Å²) >= 11 is 0. The fraction of sp³-hybridized carbons (Fsp3) is 1.00. The second-order valence-corrected chi connectivity index (χ2v) is 7.71. The second kappa shape index (κ2) is 6.79. The van der Waals surface area contributed by atoms with Gasteiger partial charge in [-0.3, -0.25) is 0 Å². The molecule has 0 radical (unpaired) electrons. The molecule has 0 bridgehead atoms. The van der Waals surface area contributed by atoms with Gasteiger partial charge in [-0.1, -0.05) is 45.4 Å². The van der Waals surface area contributed by atoms with E-state index >= 15 is 0 Å². The highest BCUT2D eigenvalue weighted by Gasteiger charge is 2.38. The highest BCUT2D eigenvalue weighted by Crippen LogP contribution is 2.38. The molecule has 1 heterocycles. The third-order valence-corrected chi connectivity index (χ3v) is 6.22. The Kier molecular flexibility index (Phi) is 5.04. The average molecular weight is 279 g/mol. The van der Waals surface area contributed by atoms with Gasteiger partial charge in [-0.05, 0) is 50.5 Å². The number of hydrogen-bond acceptors (Lipinski definition) is 2. The molecule has 1 aliphatic heterocycles. The van der Waals surface area contributed by atoms with E-state index in [0.29, 0.717) is 0 Å². The summed E-state index contributed by atoms with van der Waals surface area (Å²) in [5.41, 5.74) is 0.256. The zero-order valence-electron chi connectivity index (χ0n) is 13.3. The molecule has 0 aromatic rings. The summed E-state index contributed by atoms with van der Waals surface area (Å²) in [5, 5.41) is 3.91. The summed E-state index contributed by atoms with van der Waals surface area (Å²) in [6.45, 7) is 4.69. The van der Waals surface area contributed by atoms with Gasteiger partial charge in [0.25, 0.3) is 0 Å². The number of nitrogens with one attached hydrogen (secondary N) is 1. The normalized spacial score (nSPS) is 38.0. The zero-order valence-corrected chi connectivity index (χ0v) is 13.3. The topological polar surface area (TPSA) is 21.3 Å². The third kappa shape index (κ3) is 3.57. The van der Waals surface area contributed by atoms with E-state index < -0.39 is 0 Å². The van der Waals surface area contributed by atoms with Gasteiger partial charge in [0.1, 0.15) is 0 Å². The van der Waals surface area contributed by atoms with Crippen LogP contribution in [-0.2, 0) is 4.74 Å². The van der Waals surface area contributed by atoms with Crippen molar-refractivity contribution in [2.45, 2.75) is 89.2 Å². The molecule has 3 atom stereocenters. The first-order valence-corrected chi connectivity index (χ1v) is 9.15. The van der Waals surface area contributed by atoms with Crippen molar-refractivity contribution in [1.29, 1.82) is 0 Å². The molecule has 2 aliphatic carbocycles. The lowest BCUT2D eigenvalue weighted by atomic mass is 9.77. The smallest absolute Gasteiger partial charge is 0.0697 e. The predicted molar refractivity (Wildman–Crippen MR) is 83.9 cm³/mol. The number of ether oxygens (including phenoxy) is 1. The van der Waals surface area contributed by atoms with Gasteiger partial charge in [0.05, 0.1) is 5.60 Å². The van der Waals surface area contributed by atoms with E-state index in [0.717, 1.165) is 24.5 Å². The van der Waals surface area contributed by atoms with Gasteiger partial charge in [0.2, 0.25) is 0 Å². The van der Waals surface area contributed by atoms with Crippen LogP contribution >= 0.6 is 0 Å². The van der Waals surface area contributed by atoms with E-state index in [1.54, 1.807) is 0 Å². The Labute approximate surface area is 125 Å². The van der Waals surface area contributed by atoms with Crippen molar-refractivity contribution < 1.29 is 4.74 Å². The third-order valence-electron chi connectivity index (χ3n) is 6.22. The Balaban J connectivity index is 1.47. The van der Waals surface area contributed by atoms with Crippen molar-refractivity contribution >= 4 is 0 Å². The van der Waals surface area contributed by atoms with Crippen LogP contribution < -0.4 is 5.32 Å². The summed E-state index contributed by atoms with van der Waals surface area (Å²) in [4.78, 5) is 0. The SMILES string of the molecule is CC1CCCCC1CNC1CCOC2(CCCCC2)C1. The first kappa shape index (κ1) is 14.8. The number of hydrogen-bond donors (Lipinski definition) is 1. The van der Waals surface area contributed by atoms with Crippen molar-refractivity contribution in [2.75, 3.05) is 13.2 Å². The maximum Gasteiger partial charge on any atom is 0.0697 e. The van der Waals surface area contributed by atoms with Crippen LogP contribution in [0.25, 0.3) is 0 Å². The van der Waals surface area contributed by atoms with Gasteiger partial charge < -0.3 is 10.1 Å². The molecule has 1 saturated heterocycles. The zero-order chi connectivity index (χ0) is 13.8. The summed E-state index contributed by atoms with van der Waals surface area (Å²) in [5.74, 6) is 1.86. The van der Waals surface area contributed by atoms with Crippen LogP contribution in [0.1, 0.15) is 77.6 Å². The molecule has 3 aliphatic rings. The van der Waals surface area contributed by atoms with Crippen LogP contribution in [0, 0.1) is 11.8 Å². The lowest BCUT2D eigenvalue weighted by molar-refractivity contribution is -0.109. The molecular formula is C18H33NO. The van der Waals surface area contributed by atoms with Crippen molar-refractivity contribution in [1.82, 2.24) is 5.32 Å². The molecule has 0 amide bonds. The molecule has 2 nitrogen and oxygen atoms in total. The van der Waals surface area contributed by atoms with Crippen LogP contribution in [0.2, 0.25) is 0 Å². The Morgan fingerprint density at radius 2 is 1.80 bits per heavy atom. The standard InChI is InChI=1S/C18H33NO/c1-15-7-3-4-8-16(15)14-19-17-9-12-20-18(13-17)10-5-2-6-11-18/h15-17,19H,2-14H2,1H3. The quantitative estimate of drug-likeness (QED) is 0.832. The van der Waals surface area contributed by atoms with Crippen LogP contribution in [0.15, 0.2) is 0 Å². The molecule has 116 valence electrons. The molecule has 0 aromatic heterocycles. The summed E-state index contributed by atoms with van der Waals surface area (Å²) < 4.78 is 6.21. The molecule has 3 rings (SSSR count). The van der Waals surface area contributed by atoms with Crippen molar-refractivity contribution in [3.8, 4) is 0 Å². The monoisotopic (exact) mass is 279 g/mol. The Hall–Kier alpha value is -0.0800. The maximum absolute atomic E-state index is 6.21. The van der Waals surface area contributed by atoms with E-state index in [9.17, 15) is 0 Å². The Bertz CT molecular complexity index is 292. The molecule has 1 spiro atoms. The molecule has 1 N–H and O–H groups in total. The van der Waals surface area contributed by atoms with Gasteiger partial charge in [-0.25, -0.2) is 0 Å². The van der Waals surface area contributed by atoms with Crippen molar-refractivity contribution in [2.24, 2.45) is 11.8 Å². The van der Waals surface area contributed by atoms with E-state index in [1.807, 2.05) is 0 Å². The van der Waals surface area contributed by atoms with E-state index in [-0.39, 0.29) is 5.60 Å². The second-order valence-electron chi connectivity index (χ2n) is 7.71. The van der Waals surface area contributed by atoms with E-state index in [4.69, 9.17) is 4.74 Å². The summed E-state index contributed by atoms with van der Waals surface area (Å²) in [6.07, 6.45) is 15.1. The lowest BCUT2D eigenvalue weighted by Gasteiger charge is -2.44. The van der Waals surface area contributed by atoms with Gasteiger partial charge in [-0.15, -0.1) is 0 Å². The minimum Gasteiger partial charge on any atom is -0.375 e. The van der Waals surface area contributed by atoms with Crippen molar-refractivity contribution in [3.05, 3.63) is 0 Å². The fourth-order valence-corrected chi connectivity index (χ4v) is 4.76. The van der Waals surface area contributed by atoms with E-state index in [2.05, 4.69) is 12.2 Å². The highest BCUT2D eigenvalue weighted by atomic mass is 16.5. The van der Waals surface area contributed by atoms with Crippen LogP contribution in [0.5, 0.6) is 0 Å². The van der Waals surface area contributed by atoms with Gasteiger partial charge >= 0.3 is 0 Å². The molecule has 3 unspecified atom stereocenters. The average Bonchev–Trinajstić information content (AvgIpc) is 2.47. The highest BCUT2D eigenvalue weighted by molar-refractivity contribution is 4.92. The van der Waals surface area contributed by atoms with Gasteiger partial charge in [0.15, 0.2) is 0 Å². The van der Waals surface area contributed by atoms with Crippen LogP contribution in [0.4, 0.5) is 0 Å². The molecule has 20 heavy (non-hydrogen) atoms. The first-order valence-electron chi connectivity index (χ1n) is 9.15. The minimum atomic E-state index is 0.256. The summed E-state index contributed by atoms with van der Waals surface area (Å²) in [6, 6.07) is 0.718. The predicted octanol–water partition coefficient (Wildman–Crippen LogP) is 4.28.